The Hall–Kier alpha value is -2.06. The predicted octanol–water partition coefficient (Wildman–Crippen LogP) is 2.98. The van der Waals surface area contributed by atoms with E-state index in [0.29, 0.717) is 34.7 Å². The minimum absolute atomic E-state index is 0.0127. The molecule has 0 bridgehead atoms. The van der Waals surface area contributed by atoms with Crippen molar-refractivity contribution in [1.82, 2.24) is 0 Å². The van der Waals surface area contributed by atoms with E-state index in [0.717, 1.165) is 6.26 Å². The van der Waals surface area contributed by atoms with Gasteiger partial charge in [0.1, 0.15) is 19.8 Å². The number of rotatable bonds is 4. The highest BCUT2D eigenvalue weighted by atomic mass is 79.9. The first kappa shape index (κ1) is 17.8. The van der Waals surface area contributed by atoms with Crippen molar-refractivity contribution in [2.75, 3.05) is 19.5 Å². The third kappa shape index (κ3) is 3.96. The molecule has 0 radical (unpaired) electrons. The van der Waals surface area contributed by atoms with Crippen LogP contribution in [-0.4, -0.2) is 33.9 Å². The number of carbonyl (C=O) groups excluding carboxylic acids is 1. The third-order valence-electron chi connectivity index (χ3n) is 3.58. The lowest BCUT2D eigenvalue weighted by atomic mass is 10.2. The van der Waals surface area contributed by atoms with Gasteiger partial charge in [-0.3, -0.25) is 0 Å². The van der Waals surface area contributed by atoms with E-state index in [2.05, 4.69) is 15.9 Å². The zero-order valence-electron chi connectivity index (χ0n) is 13.3. The fourth-order valence-corrected chi connectivity index (χ4v) is 3.71. The van der Waals surface area contributed by atoms with Crippen molar-refractivity contribution >= 4 is 31.7 Å². The topological polar surface area (TPSA) is 78.9 Å². The number of benzene rings is 2. The van der Waals surface area contributed by atoms with Crippen molar-refractivity contribution in [2.24, 2.45) is 0 Å². The first-order valence-electron chi connectivity index (χ1n) is 7.40. The van der Waals surface area contributed by atoms with E-state index in [1.165, 1.54) is 12.1 Å². The largest absolute Gasteiger partial charge is 0.486 e. The molecule has 1 heterocycles. The second-order valence-electron chi connectivity index (χ2n) is 5.43. The molecule has 6 nitrogen and oxygen atoms in total. The van der Waals surface area contributed by atoms with Gasteiger partial charge in [-0.05, 0) is 24.3 Å². The van der Waals surface area contributed by atoms with Gasteiger partial charge in [-0.25, -0.2) is 13.2 Å². The molecule has 0 N–H and O–H groups in total. The molecule has 1 aliphatic heterocycles. The standard InChI is InChI=1S/C17H15BrO6S/c1-25(20,21)16-5-3-2-4-12(16)17(19)24-10-11-8-14-15(9-13(11)18)23-7-6-22-14/h2-5,8-9H,6-7,10H2,1H3. The van der Waals surface area contributed by atoms with Crippen LogP contribution in [0.4, 0.5) is 0 Å². The Morgan fingerprint density at radius 1 is 1.16 bits per heavy atom. The molecule has 0 fully saturated rings. The van der Waals surface area contributed by atoms with Crippen LogP contribution in [0.25, 0.3) is 0 Å². The van der Waals surface area contributed by atoms with Crippen molar-refractivity contribution in [3.63, 3.8) is 0 Å². The first-order valence-corrected chi connectivity index (χ1v) is 10.1. The first-order chi connectivity index (χ1) is 11.9. The number of hydrogen-bond donors (Lipinski definition) is 0. The molecule has 25 heavy (non-hydrogen) atoms. The van der Waals surface area contributed by atoms with E-state index < -0.39 is 15.8 Å². The molecule has 0 aliphatic carbocycles. The van der Waals surface area contributed by atoms with Crippen molar-refractivity contribution < 1.29 is 27.4 Å². The van der Waals surface area contributed by atoms with Gasteiger partial charge in [0.05, 0.1) is 10.5 Å². The van der Waals surface area contributed by atoms with Crippen LogP contribution in [0.3, 0.4) is 0 Å². The molecule has 0 saturated heterocycles. The summed E-state index contributed by atoms with van der Waals surface area (Å²) in [4.78, 5) is 12.3. The van der Waals surface area contributed by atoms with Crippen LogP contribution in [-0.2, 0) is 21.2 Å². The summed E-state index contributed by atoms with van der Waals surface area (Å²) in [6, 6.07) is 9.44. The average Bonchev–Trinajstić information content (AvgIpc) is 2.59. The second kappa shape index (κ2) is 7.05. The van der Waals surface area contributed by atoms with E-state index in [-0.39, 0.29) is 17.1 Å². The quantitative estimate of drug-likeness (QED) is 0.699. The molecule has 0 amide bonds. The summed E-state index contributed by atoms with van der Waals surface area (Å²) in [5.41, 5.74) is 0.702. The summed E-state index contributed by atoms with van der Waals surface area (Å²) in [6.45, 7) is 0.903. The fraction of sp³-hybridized carbons (Fsp3) is 0.235. The van der Waals surface area contributed by atoms with Crippen molar-refractivity contribution in [3.8, 4) is 11.5 Å². The molecule has 1 aliphatic rings. The van der Waals surface area contributed by atoms with E-state index in [1.54, 1.807) is 24.3 Å². The number of esters is 1. The Morgan fingerprint density at radius 2 is 1.80 bits per heavy atom. The Kier molecular flexibility index (Phi) is 5.01. The molecule has 0 unspecified atom stereocenters. The van der Waals surface area contributed by atoms with Gasteiger partial charge >= 0.3 is 5.97 Å². The molecule has 2 aromatic carbocycles. The molecule has 2 aromatic rings. The predicted molar refractivity (Wildman–Crippen MR) is 93.8 cm³/mol. The number of fused-ring (bicyclic) bond motifs is 1. The van der Waals surface area contributed by atoms with Crippen LogP contribution in [0, 0.1) is 0 Å². The highest BCUT2D eigenvalue weighted by molar-refractivity contribution is 9.10. The van der Waals surface area contributed by atoms with E-state index >= 15 is 0 Å². The van der Waals surface area contributed by atoms with Crippen molar-refractivity contribution in [1.29, 1.82) is 0 Å². The zero-order chi connectivity index (χ0) is 18.0. The van der Waals surface area contributed by atoms with Gasteiger partial charge in [0, 0.05) is 16.3 Å². The lowest BCUT2D eigenvalue weighted by Gasteiger charge is -2.20. The van der Waals surface area contributed by atoms with Crippen molar-refractivity contribution in [2.45, 2.75) is 11.5 Å². The Labute approximate surface area is 153 Å². The maximum Gasteiger partial charge on any atom is 0.339 e. The normalized spacial score (nSPS) is 13.4. The van der Waals surface area contributed by atoms with Crippen LogP contribution in [0.1, 0.15) is 15.9 Å². The minimum atomic E-state index is -3.53. The molecule has 0 saturated carbocycles. The number of hydrogen-bond acceptors (Lipinski definition) is 6. The number of ether oxygens (including phenoxy) is 3. The fourth-order valence-electron chi connectivity index (χ4n) is 2.40. The monoisotopic (exact) mass is 426 g/mol. The smallest absolute Gasteiger partial charge is 0.339 e. The van der Waals surface area contributed by atoms with E-state index in [4.69, 9.17) is 14.2 Å². The molecule has 0 aromatic heterocycles. The second-order valence-corrected chi connectivity index (χ2v) is 8.27. The third-order valence-corrected chi connectivity index (χ3v) is 5.47. The number of halogens is 1. The van der Waals surface area contributed by atoms with E-state index in [9.17, 15) is 13.2 Å². The maximum absolute atomic E-state index is 12.3. The molecular formula is C17H15BrO6S. The maximum atomic E-state index is 12.3. The van der Waals surface area contributed by atoms with Crippen LogP contribution >= 0.6 is 15.9 Å². The minimum Gasteiger partial charge on any atom is -0.486 e. The van der Waals surface area contributed by atoms with Crippen LogP contribution in [0.2, 0.25) is 0 Å². The summed E-state index contributed by atoms with van der Waals surface area (Å²) in [5, 5.41) is 0. The number of carbonyl (C=O) groups is 1. The van der Waals surface area contributed by atoms with Crippen LogP contribution in [0.15, 0.2) is 45.8 Å². The average molecular weight is 427 g/mol. The van der Waals surface area contributed by atoms with Gasteiger partial charge in [0.15, 0.2) is 21.3 Å². The summed E-state index contributed by atoms with van der Waals surface area (Å²) in [7, 11) is -3.53. The molecule has 132 valence electrons. The Balaban J connectivity index is 1.80. The van der Waals surface area contributed by atoms with Gasteiger partial charge < -0.3 is 14.2 Å². The van der Waals surface area contributed by atoms with Gasteiger partial charge in [-0.15, -0.1) is 0 Å². The lowest BCUT2D eigenvalue weighted by Crippen LogP contribution is -2.16. The zero-order valence-corrected chi connectivity index (χ0v) is 15.7. The summed E-state index contributed by atoms with van der Waals surface area (Å²) in [5.74, 6) is 0.496. The lowest BCUT2D eigenvalue weighted by molar-refractivity contribution is 0.0466. The van der Waals surface area contributed by atoms with Crippen LogP contribution < -0.4 is 9.47 Å². The molecular weight excluding hydrogens is 412 g/mol. The van der Waals surface area contributed by atoms with Crippen molar-refractivity contribution in [3.05, 3.63) is 52.0 Å². The summed E-state index contributed by atoms with van der Waals surface area (Å²) < 4.78 is 40.6. The van der Waals surface area contributed by atoms with Gasteiger partial charge in [0.25, 0.3) is 0 Å². The summed E-state index contributed by atoms with van der Waals surface area (Å²) in [6.07, 6.45) is 1.05. The summed E-state index contributed by atoms with van der Waals surface area (Å²) >= 11 is 3.41. The Morgan fingerprint density at radius 3 is 2.48 bits per heavy atom. The van der Waals surface area contributed by atoms with Gasteiger partial charge in [0.2, 0.25) is 0 Å². The number of sulfone groups is 1. The molecule has 0 atom stereocenters. The van der Waals surface area contributed by atoms with Crippen LogP contribution in [0.5, 0.6) is 11.5 Å². The highest BCUT2D eigenvalue weighted by Gasteiger charge is 2.20. The Bertz CT molecular complexity index is 923. The molecule has 0 spiro atoms. The highest BCUT2D eigenvalue weighted by Crippen LogP contribution is 2.35. The van der Waals surface area contributed by atoms with E-state index in [1.807, 2.05) is 0 Å². The molecule has 8 heteroatoms. The van der Waals surface area contributed by atoms with Gasteiger partial charge in [-0.2, -0.15) is 0 Å². The van der Waals surface area contributed by atoms with Gasteiger partial charge in [-0.1, -0.05) is 28.1 Å². The SMILES string of the molecule is CS(=O)(=O)c1ccccc1C(=O)OCc1cc2c(cc1Br)OCCO2. The molecule has 3 rings (SSSR count).